The zero-order valence-electron chi connectivity index (χ0n) is 11.8. The molecule has 22 heavy (non-hydrogen) atoms. The van der Waals surface area contributed by atoms with Crippen molar-refractivity contribution in [3.8, 4) is 0 Å². The van der Waals surface area contributed by atoms with E-state index in [1.807, 2.05) is 24.3 Å². The van der Waals surface area contributed by atoms with Gasteiger partial charge in [-0.15, -0.1) is 10.1 Å². The van der Waals surface area contributed by atoms with Gasteiger partial charge < -0.3 is 47.7 Å². The number of nitrogens with zero attached hydrogens (tertiary/aromatic N) is 2. The van der Waals surface area contributed by atoms with E-state index in [-0.39, 0.29) is 42.7 Å². The van der Waals surface area contributed by atoms with Crippen molar-refractivity contribution in [2.75, 3.05) is 0 Å². The lowest BCUT2D eigenvalue weighted by atomic mass is 10.1. The number of benzene rings is 1. The molecule has 0 radical (unpaired) electrons. The molecule has 0 unspecified atom stereocenters. The third kappa shape index (κ3) is 7.92. The van der Waals surface area contributed by atoms with Crippen LogP contribution in [-0.2, 0) is 0 Å². The number of rotatable bonds is 3. The van der Waals surface area contributed by atoms with Crippen LogP contribution in [0.2, 0.25) is 0 Å². The highest BCUT2D eigenvalue weighted by atomic mass is 35.5. The number of hydrogen-bond donors (Lipinski definition) is 7. The maximum absolute atomic E-state index is 5.63. The molecule has 122 valence electrons. The summed E-state index contributed by atoms with van der Waals surface area (Å²) < 4.78 is 0. The molecule has 0 saturated carbocycles. The molecule has 0 spiro atoms. The molecular formula is C11H19Cl2N9. The Morgan fingerprint density at radius 1 is 0.909 bits per heavy atom. The van der Waals surface area contributed by atoms with E-state index in [0.717, 1.165) is 11.3 Å². The minimum Gasteiger partial charge on any atom is -1.00 e. The highest BCUT2D eigenvalue weighted by Gasteiger charge is 2.05. The second-order valence-electron chi connectivity index (χ2n) is 3.91. The zero-order chi connectivity index (χ0) is 15.1. The molecule has 0 aliphatic rings. The van der Waals surface area contributed by atoms with Crippen LogP contribution in [0.1, 0.15) is 12.5 Å². The van der Waals surface area contributed by atoms with Gasteiger partial charge in [0.05, 0.1) is 5.71 Å². The number of guanidine groups is 3. The topological polar surface area (TPSA) is 183 Å². The summed E-state index contributed by atoms with van der Waals surface area (Å²) >= 11 is 0. The number of hydrogen-bond acceptors (Lipinski definition) is 2. The van der Waals surface area contributed by atoms with Gasteiger partial charge in [0.1, 0.15) is 0 Å². The van der Waals surface area contributed by atoms with Crippen molar-refractivity contribution in [2.24, 2.45) is 38.9 Å². The van der Waals surface area contributed by atoms with Crippen molar-refractivity contribution in [3.05, 3.63) is 29.8 Å². The van der Waals surface area contributed by atoms with Crippen LogP contribution in [-0.4, -0.2) is 23.6 Å². The molecule has 0 bridgehead atoms. The number of nitrogens with two attached hydrogens (primary N) is 5. The summed E-state index contributed by atoms with van der Waals surface area (Å²) in [5.41, 5.74) is 28.9. The molecule has 0 aliphatic heterocycles. The van der Waals surface area contributed by atoms with E-state index >= 15 is 0 Å². The predicted molar refractivity (Wildman–Crippen MR) is 78.6 cm³/mol. The first-order valence-corrected chi connectivity index (χ1v) is 5.66. The van der Waals surface area contributed by atoms with E-state index in [9.17, 15) is 0 Å². The Morgan fingerprint density at radius 3 is 1.91 bits per heavy atom. The van der Waals surface area contributed by atoms with Gasteiger partial charge in [0.25, 0.3) is 5.96 Å². The third-order valence-electron chi connectivity index (χ3n) is 2.18. The molecule has 1 aromatic carbocycles. The molecule has 0 fully saturated rings. The number of nitrogens with one attached hydrogen (secondary N) is 2. The molecule has 9 nitrogen and oxygen atoms in total. The molecule has 0 saturated heterocycles. The maximum atomic E-state index is 5.63. The Bertz CT molecular complexity index is 582. The average molecular weight is 348 g/mol. The van der Waals surface area contributed by atoms with Crippen molar-refractivity contribution in [1.82, 2.24) is 0 Å². The molecule has 0 aromatic heterocycles. The Labute approximate surface area is 140 Å². The minimum atomic E-state index is -0.0910. The van der Waals surface area contributed by atoms with E-state index in [4.69, 9.17) is 28.7 Å². The molecule has 11 heteroatoms. The summed E-state index contributed by atoms with van der Waals surface area (Å²) in [5.74, 6) is 0.141. The quantitative estimate of drug-likeness (QED) is 0.162. The zero-order valence-corrected chi connectivity index (χ0v) is 13.4. The SMILES string of the molecule is C/C(=N/N=C(N)N)c1ccc([NH+]=C(N)[NH+]=C(N)N)cc1.[Cl-].[Cl-]. The molecule has 0 heterocycles. The average Bonchev–Trinajstić information content (AvgIpc) is 2.35. The van der Waals surface area contributed by atoms with Crippen LogP contribution >= 0.6 is 0 Å². The Hall–Kier alpha value is -2.52. The van der Waals surface area contributed by atoms with Crippen molar-refractivity contribution in [3.63, 3.8) is 0 Å². The van der Waals surface area contributed by atoms with Gasteiger partial charge in [-0.25, -0.2) is 5.73 Å². The molecule has 1 rings (SSSR count). The summed E-state index contributed by atoms with van der Waals surface area (Å²) in [6.45, 7) is 1.79. The smallest absolute Gasteiger partial charge is 0.522 e. The van der Waals surface area contributed by atoms with Crippen LogP contribution in [0.4, 0.5) is 5.69 Å². The van der Waals surface area contributed by atoms with Crippen molar-refractivity contribution >= 4 is 29.3 Å². The van der Waals surface area contributed by atoms with Crippen LogP contribution in [0.5, 0.6) is 0 Å². The van der Waals surface area contributed by atoms with Crippen LogP contribution < -0.4 is 63.5 Å². The van der Waals surface area contributed by atoms with Gasteiger partial charge in [-0.05, 0) is 36.8 Å². The van der Waals surface area contributed by atoms with Gasteiger partial charge in [0.2, 0.25) is 5.96 Å². The highest BCUT2D eigenvalue weighted by Crippen LogP contribution is 2.05. The molecule has 0 aliphatic carbocycles. The molecule has 0 amide bonds. The second-order valence-corrected chi connectivity index (χ2v) is 3.91. The summed E-state index contributed by atoms with van der Waals surface area (Å²) in [4.78, 5) is 5.43. The standard InChI is InChI=1S/C11H17N9.2ClH/c1-6(19-20-10(14)15)7-2-4-8(5-3-7)17-11(16)18-9(12)13;;/h2-5H,1H3,(H4,14,15,20)(H6,12,13,16,17,18);2*1H/b19-6-;;. The van der Waals surface area contributed by atoms with Gasteiger partial charge >= 0.3 is 5.96 Å². The van der Waals surface area contributed by atoms with Crippen LogP contribution in [0.3, 0.4) is 0 Å². The molecule has 12 N–H and O–H groups in total. The van der Waals surface area contributed by atoms with E-state index in [0.29, 0.717) is 5.71 Å². The van der Waals surface area contributed by atoms with Crippen LogP contribution in [0, 0.1) is 0 Å². The maximum Gasteiger partial charge on any atom is 0.522 e. The van der Waals surface area contributed by atoms with E-state index < -0.39 is 0 Å². The lowest BCUT2D eigenvalue weighted by Crippen LogP contribution is -3.00. The predicted octanol–water partition coefficient (Wildman–Crippen LogP) is -10.9. The second kappa shape index (κ2) is 10.2. The lowest BCUT2D eigenvalue weighted by molar-refractivity contribution is -0.459. The summed E-state index contributed by atoms with van der Waals surface area (Å²) in [6, 6.07) is 7.30. The molecule has 0 atom stereocenters. The summed E-state index contributed by atoms with van der Waals surface area (Å²) in [5, 5.41) is 7.46. The van der Waals surface area contributed by atoms with Gasteiger partial charge in [0.15, 0.2) is 5.69 Å². The van der Waals surface area contributed by atoms with Gasteiger partial charge in [-0.3, -0.25) is 0 Å². The van der Waals surface area contributed by atoms with Gasteiger partial charge in [-0.1, -0.05) is 0 Å². The van der Waals surface area contributed by atoms with Crippen molar-refractivity contribution in [1.29, 1.82) is 0 Å². The Morgan fingerprint density at radius 2 is 1.45 bits per heavy atom. The first-order chi connectivity index (χ1) is 9.38. The third-order valence-corrected chi connectivity index (χ3v) is 2.18. The summed E-state index contributed by atoms with van der Waals surface area (Å²) in [6.07, 6.45) is 0. The van der Waals surface area contributed by atoms with Gasteiger partial charge in [-0.2, -0.15) is 10.1 Å². The monoisotopic (exact) mass is 347 g/mol. The van der Waals surface area contributed by atoms with E-state index in [1.165, 1.54) is 0 Å². The fourth-order valence-electron chi connectivity index (χ4n) is 1.33. The minimum absolute atomic E-state index is 0. The Kier molecular flexibility index (Phi) is 10.1. The molecule has 1 aromatic rings. The van der Waals surface area contributed by atoms with Crippen LogP contribution in [0.25, 0.3) is 0 Å². The van der Waals surface area contributed by atoms with Gasteiger partial charge in [0, 0.05) is 0 Å². The fraction of sp³-hybridized carbons (Fsp3) is 0.0909. The van der Waals surface area contributed by atoms with Crippen LogP contribution in [0.15, 0.2) is 34.5 Å². The fourth-order valence-corrected chi connectivity index (χ4v) is 1.33. The summed E-state index contributed by atoms with van der Waals surface area (Å²) in [7, 11) is 0. The largest absolute Gasteiger partial charge is 1.00 e. The normalized spacial score (nSPS) is 10.8. The first kappa shape index (κ1) is 21.8. The first-order valence-electron chi connectivity index (χ1n) is 5.66. The molecular weight excluding hydrogens is 329 g/mol. The van der Waals surface area contributed by atoms with E-state index in [1.54, 1.807) is 6.92 Å². The Balaban J connectivity index is 0. The van der Waals surface area contributed by atoms with E-state index in [2.05, 4.69) is 20.2 Å². The number of halogens is 2. The lowest BCUT2D eigenvalue weighted by Gasteiger charge is -1.98. The van der Waals surface area contributed by atoms with Crippen molar-refractivity contribution in [2.45, 2.75) is 6.92 Å². The highest BCUT2D eigenvalue weighted by molar-refractivity contribution is 5.99. The van der Waals surface area contributed by atoms with Crippen molar-refractivity contribution < 1.29 is 34.8 Å².